The first-order chi connectivity index (χ1) is 7.68. The summed E-state index contributed by atoms with van der Waals surface area (Å²) in [4.78, 5) is 8.37. The van der Waals surface area contributed by atoms with Crippen LogP contribution in [-0.4, -0.2) is 27.5 Å². The topological polar surface area (TPSA) is 63.8 Å². The Morgan fingerprint density at radius 3 is 2.94 bits per heavy atom. The average Bonchev–Trinajstić information content (AvgIpc) is 2.70. The Balaban J connectivity index is 2.21. The Kier molecular flexibility index (Phi) is 3.53. The predicted molar refractivity (Wildman–Crippen MR) is 69.9 cm³/mol. The number of hydrogen-bond acceptors (Lipinski definition) is 5. The lowest BCUT2D eigenvalue weighted by molar-refractivity contribution is 0.787. The molecule has 0 bridgehead atoms. The lowest BCUT2D eigenvalue weighted by Crippen LogP contribution is -2.21. The normalized spacial score (nSPS) is 20.3. The molecule has 1 unspecified atom stereocenters. The van der Waals surface area contributed by atoms with Gasteiger partial charge in [0.2, 0.25) is 0 Å². The molecule has 1 fully saturated rings. The summed E-state index contributed by atoms with van der Waals surface area (Å²) in [5.41, 5.74) is 6.94. The number of aromatic nitrogens is 2. The van der Waals surface area contributed by atoms with Crippen LogP contribution in [0.1, 0.15) is 31.7 Å². The molecule has 88 valence electrons. The number of anilines is 2. The largest absolute Gasteiger partial charge is 0.383 e. The summed E-state index contributed by atoms with van der Waals surface area (Å²) < 4.78 is 0. The van der Waals surface area contributed by atoms with E-state index in [1.165, 1.54) is 18.5 Å². The van der Waals surface area contributed by atoms with E-state index < -0.39 is 0 Å². The molecule has 1 aliphatic rings. The fraction of sp³-hybridized carbons (Fsp3) is 0.636. The SMILES string of the molecule is CC(C)c1c(N)ncnc1NC1CCSC1. The molecule has 1 aromatic heterocycles. The zero-order valence-electron chi connectivity index (χ0n) is 9.73. The number of hydrogen-bond donors (Lipinski definition) is 2. The second-order valence-electron chi connectivity index (χ2n) is 4.38. The van der Waals surface area contributed by atoms with Crippen LogP contribution in [0.25, 0.3) is 0 Å². The van der Waals surface area contributed by atoms with E-state index in [4.69, 9.17) is 5.73 Å². The lowest BCUT2D eigenvalue weighted by atomic mass is 10.0. The fourth-order valence-corrected chi connectivity index (χ4v) is 3.09. The average molecular weight is 238 g/mol. The molecule has 0 aliphatic carbocycles. The van der Waals surface area contributed by atoms with Gasteiger partial charge in [-0.15, -0.1) is 0 Å². The van der Waals surface area contributed by atoms with E-state index in [1.807, 2.05) is 11.8 Å². The molecule has 0 saturated carbocycles. The highest BCUT2D eigenvalue weighted by atomic mass is 32.2. The summed E-state index contributed by atoms with van der Waals surface area (Å²) >= 11 is 1.98. The molecule has 3 N–H and O–H groups in total. The number of thioether (sulfide) groups is 1. The van der Waals surface area contributed by atoms with Gasteiger partial charge in [-0.05, 0) is 18.1 Å². The minimum Gasteiger partial charge on any atom is -0.383 e. The molecular formula is C11H18N4S. The summed E-state index contributed by atoms with van der Waals surface area (Å²) in [7, 11) is 0. The lowest BCUT2D eigenvalue weighted by Gasteiger charge is -2.18. The van der Waals surface area contributed by atoms with E-state index in [-0.39, 0.29) is 0 Å². The second kappa shape index (κ2) is 4.91. The van der Waals surface area contributed by atoms with Crippen molar-refractivity contribution in [2.45, 2.75) is 32.2 Å². The zero-order chi connectivity index (χ0) is 11.5. The van der Waals surface area contributed by atoms with Crippen LogP contribution in [0.4, 0.5) is 11.6 Å². The second-order valence-corrected chi connectivity index (χ2v) is 5.53. The predicted octanol–water partition coefficient (Wildman–Crippen LogP) is 2.10. The van der Waals surface area contributed by atoms with Crippen molar-refractivity contribution in [3.05, 3.63) is 11.9 Å². The first-order valence-corrected chi connectivity index (χ1v) is 6.78. The summed E-state index contributed by atoms with van der Waals surface area (Å²) in [6.45, 7) is 4.23. The van der Waals surface area contributed by atoms with E-state index in [9.17, 15) is 0 Å². The van der Waals surface area contributed by atoms with Crippen LogP contribution in [0.3, 0.4) is 0 Å². The van der Waals surface area contributed by atoms with Gasteiger partial charge in [-0.1, -0.05) is 13.8 Å². The van der Waals surface area contributed by atoms with Crippen LogP contribution in [0.5, 0.6) is 0 Å². The summed E-state index contributed by atoms with van der Waals surface area (Å²) in [6, 6.07) is 0.525. The van der Waals surface area contributed by atoms with Crippen molar-refractivity contribution in [2.24, 2.45) is 0 Å². The molecule has 2 heterocycles. The molecular weight excluding hydrogens is 220 g/mol. The molecule has 2 rings (SSSR count). The van der Waals surface area contributed by atoms with Gasteiger partial charge in [-0.3, -0.25) is 0 Å². The minimum absolute atomic E-state index is 0.345. The Labute approximate surface area is 100 Å². The molecule has 5 heteroatoms. The van der Waals surface area contributed by atoms with Crippen molar-refractivity contribution in [3.8, 4) is 0 Å². The summed E-state index contributed by atoms with van der Waals surface area (Å²) in [5, 5.41) is 3.48. The highest BCUT2D eigenvalue weighted by molar-refractivity contribution is 7.99. The smallest absolute Gasteiger partial charge is 0.135 e. The van der Waals surface area contributed by atoms with Crippen molar-refractivity contribution in [3.63, 3.8) is 0 Å². The van der Waals surface area contributed by atoms with Crippen LogP contribution in [0.2, 0.25) is 0 Å². The Morgan fingerprint density at radius 2 is 2.31 bits per heavy atom. The van der Waals surface area contributed by atoms with Gasteiger partial charge in [0, 0.05) is 17.4 Å². The first-order valence-electron chi connectivity index (χ1n) is 5.63. The maximum atomic E-state index is 5.90. The van der Waals surface area contributed by atoms with Gasteiger partial charge in [-0.2, -0.15) is 11.8 Å². The summed E-state index contributed by atoms with van der Waals surface area (Å²) in [6.07, 6.45) is 2.73. The number of nitrogens with one attached hydrogen (secondary N) is 1. The molecule has 1 aliphatic heterocycles. The molecule has 1 aromatic rings. The molecule has 1 atom stereocenters. The van der Waals surface area contributed by atoms with Crippen molar-refractivity contribution in [2.75, 3.05) is 22.6 Å². The number of nitrogen functional groups attached to an aromatic ring is 1. The maximum Gasteiger partial charge on any atom is 0.135 e. The van der Waals surface area contributed by atoms with E-state index in [0.717, 1.165) is 17.1 Å². The number of rotatable bonds is 3. The summed E-state index contributed by atoms with van der Waals surface area (Å²) in [5.74, 6) is 4.24. The molecule has 16 heavy (non-hydrogen) atoms. The van der Waals surface area contributed by atoms with Gasteiger partial charge >= 0.3 is 0 Å². The van der Waals surface area contributed by atoms with Gasteiger partial charge in [-0.25, -0.2) is 9.97 Å². The Morgan fingerprint density at radius 1 is 1.50 bits per heavy atom. The zero-order valence-corrected chi connectivity index (χ0v) is 10.5. The third kappa shape index (κ3) is 2.40. The monoisotopic (exact) mass is 238 g/mol. The fourth-order valence-electron chi connectivity index (χ4n) is 1.94. The third-order valence-corrected chi connectivity index (χ3v) is 3.93. The standard InChI is InChI=1S/C11H18N4S/c1-7(2)9-10(12)13-6-14-11(9)15-8-3-4-16-5-8/h6-8H,3-5H2,1-2H3,(H3,12,13,14,15). The first kappa shape index (κ1) is 11.5. The quantitative estimate of drug-likeness (QED) is 0.844. The van der Waals surface area contributed by atoms with Crippen LogP contribution in [0.15, 0.2) is 6.33 Å². The molecule has 0 spiro atoms. The van der Waals surface area contributed by atoms with Crippen LogP contribution in [-0.2, 0) is 0 Å². The van der Waals surface area contributed by atoms with Gasteiger partial charge < -0.3 is 11.1 Å². The van der Waals surface area contributed by atoms with Crippen molar-refractivity contribution < 1.29 is 0 Å². The Hall–Kier alpha value is -0.970. The molecule has 4 nitrogen and oxygen atoms in total. The van der Waals surface area contributed by atoms with E-state index in [2.05, 4.69) is 29.1 Å². The van der Waals surface area contributed by atoms with Crippen LogP contribution < -0.4 is 11.1 Å². The van der Waals surface area contributed by atoms with E-state index in [1.54, 1.807) is 0 Å². The van der Waals surface area contributed by atoms with E-state index >= 15 is 0 Å². The van der Waals surface area contributed by atoms with E-state index in [0.29, 0.717) is 17.8 Å². The number of nitrogens with two attached hydrogens (primary N) is 1. The van der Waals surface area contributed by atoms with Crippen molar-refractivity contribution in [1.82, 2.24) is 9.97 Å². The highest BCUT2D eigenvalue weighted by Gasteiger charge is 2.19. The van der Waals surface area contributed by atoms with Crippen LogP contribution in [0, 0.1) is 0 Å². The molecule has 0 aromatic carbocycles. The Bertz CT molecular complexity index is 361. The van der Waals surface area contributed by atoms with Gasteiger partial charge in [0.15, 0.2) is 0 Å². The van der Waals surface area contributed by atoms with Gasteiger partial charge in [0.05, 0.1) is 0 Å². The minimum atomic E-state index is 0.345. The van der Waals surface area contributed by atoms with Crippen LogP contribution >= 0.6 is 11.8 Å². The molecule has 1 saturated heterocycles. The maximum absolute atomic E-state index is 5.90. The molecule has 0 radical (unpaired) electrons. The number of nitrogens with zero attached hydrogens (tertiary/aromatic N) is 2. The third-order valence-electron chi connectivity index (χ3n) is 2.76. The van der Waals surface area contributed by atoms with Crippen molar-refractivity contribution >= 4 is 23.4 Å². The molecule has 0 amide bonds. The van der Waals surface area contributed by atoms with Crippen molar-refractivity contribution in [1.29, 1.82) is 0 Å². The van der Waals surface area contributed by atoms with Gasteiger partial charge in [0.1, 0.15) is 18.0 Å². The van der Waals surface area contributed by atoms with Gasteiger partial charge in [0.25, 0.3) is 0 Å². The highest BCUT2D eigenvalue weighted by Crippen LogP contribution is 2.28.